The zero-order chi connectivity index (χ0) is 12.5. The van der Waals surface area contributed by atoms with Crippen LogP contribution in [0.3, 0.4) is 0 Å². The van der Waals surface area contributed by atoms with E-state index in [-0.39, 0.29) is 6.61 Å². The van der Waals surface area contributed by atoms with E-state index in [1.54, 1.807) is 13.2 Å². The Balaban J connectivity index is 2.33. The topological polar surface area (TPSA) is 76.7 Å². The fourth-order valence-electron chi connectivity index (χ4n) is 1.35. The number of aliphatic hydroxyl groups is 1. The number of para-hydroxylation sites is 2. The number of benzene rings is 1. The van der Waals surface area contributed by atoms with E-state index in [1.165, 1.54) is 0 Å². The summed E-state index contributed by atoms with van der Waals surface area (Å²) < 4.78 is 10.6. The lowest BCUT2D eigenvalue weighted by molar-refractivity contribution is 0.105. The van der Waals surface area contributed by atoms with Gasteiger partial charge in [0.05, 0.1) is 7.11 Å². The van der Waals surface area contributed by atoms with Crippen molar-refractivity contribution in [3.05, 3.63) is 24.3 Å². The van der Waals surface area contributed by atoms with Crippen LogP contribution in [0.2, 0.25) is 0 Å². The molecule has 0 spiro atoms. The average molecular weight is 240 g/mol. The number of ether oxygens (including phenoxy) is 2. The van der Waals surface area contributed by atoms with Crippen molar-refractivity contribution in [1.29, 1.82) is 0 Å². The van der Waals surface area contributed by atoms with Gasteiger partial charge in [-0.05, 0) is 12.1 Å². The highest BCUT2D eigenvalue weighted by molar-refractivity contribution is 5.39. The van der Waals surface area contributed by atoms with Crippen LogP contribution in [0.25, 0.3) is 0 Å². The van der Waals surface area contributed by atoms with Gasteiger partial charge in [0.25, 0.3) is 0 Å². The lowest BCUT2D eigenvalue weighted by Crippen LogP contribution is -2.34. The second kappa shape index (κ2) is 7.89. The predicted octanol–water partition coefficient (Wildman–Crippen LogP) is -0.0168. The number of aliphatic hydroxyl groups excluding tert-OH is 1. The Morgan fingerprint density at radius 3 is 2.71 bits per heavy atom. The number of hydrogen-bond donors (Lipinski definition) is 3. The van der Waals surface area contributed by atoms with Crippen LogP contribution in [0, 0.1) is 0 Å². The molecule has 0 amide bonds. The summed E-state index contributed by atoms with van der Waals surface area (Å²) in [6, 6.07) is 7.34. The van der Waals surface area contributed by atoms with Crippen molar-refractivity contribution in [2.45, 2.75) is 6.10 Å². The molecule has 1 atom stereocenters. The zero-order valence-corrected chi connectivity index (χ0v) is 10.1. The second-order valence-electron chi connectivity index (χ2n) is 3.61. The van der Waals surface area contributed by atoms with Crippen molar-refractivity contribution in [3.8, 4) is 11.5 Å². The number of rotatable bonds is 8. The van der Waals surface area contributed by atoms with Gasteiger partial charge in [0.2, 0.25) is 0 Å². The Hall–Kier alpha value is -1.30. The molecule has 1 aromatic carbocycles. The van der Waals surface area contributed by atoms with Crippen molar-refractivity contribution in [2.24, 2.45) is 5.73 Å². The van der Waals surface area contributed by atoms with Crippen LogP contribution in [0.1, 0.15) is 0 Å². The fraction of sp³-hybridized carbons (Fsp3) is 0.500. The molecule has 1 unspecified atom stereocenters. The van der Waals surface area contributed by atoms with E-state index in [2.05, 4.69) is 5.32 Å². The molecule has 0 fully saturated rings. The first kappa shape index (κ1) is 13.8. The van der Waals surface area contributed by atoms with Crippen molar-refractivity contribution in [3.63, 3.8) is 0 Å². The van der Waals surface area contributed by atoms with Gasteiger partial charge >= 0.3 is 0 Å². The molecule has 1 rings (SSSR count). The molecule has 0 aliphatic heterocycles. The highest BCUT2D eigenvalue weighted by atomic mass is 16.5. The van der Waals surface area contributed by atoms with Crippen LogP contribution in [-0.2, 0) is 0 Å². The first-order valence-electron chi connectivity index (χ1n) is 5.62. The predicted molar refractivity (Wildman–Crippen MR) is 66.4 cm³/mol. The van der Waals surface area contributed by atoms with Crippen molar-refractivity contribution >= 4 is 0 Å². The number of nitrogens with two attached hydrogens (primary N) is 1. The summed E-state index contributed by atoms with van der Waals surface area (Å²) in [5.41, 5.74) is 5.33. The molecule has 1 aromatic rings. The fourth-order valence-corrected chi connectivity index (χ4v) is 1.35. The highest BCUT2D eigenvalue weighted by Crippen LogP contribution is 2.25. The molecule has 0 saturated carbocycles. The van der Waals surface area contributed by atoms with E-state index in [4.69, 9.17) is 15.2 Å². The minimum Gasteiger partial charge on any atom is -0.493 e. The third-order valence-electron chi connectivity index (χ3n) is 2.20. The van der Waals surface area contributed by atoms with Crippen LogP contribution in [0.5, 0.6) is 11.5 Å². The van der Waals surface area contributed by atoms with E-state index in [1.807, 2.05) is 18.2 Å². The maximum absolute atomic E-state index is 9.63. The molecule has 0 radical (unpaired) electrons. The highest BCUT2D eigenvalue weighted by Gasteiger charge is 2.07. The van der Waals surface area contributed by atoms with E-state index in [0.717, 1.165) is 0 Å². The van der Waals surface area contributed by atoms with Gasteiger partial charge in [-0.15, -0.1) is 0 Å². The van der Waals surface area contributed by atoms with Gasteiger partial charge < -0.3 is 25.6 Å². The lowest BCUT2D eigenvalue weighted by Gasteiger charge is -2.14. The standard InChI is InChI=1S/C12H20N2O3/c1-16-11-4-2-3-5-12(11)17-9-10(15)8-14-7-6-13/h2-5,10,14-15H,6-9,13H2,1H3. The van der Waals surface area contributed by atoms with Gasteiger partial charge in [0, 0.05) is 19.6 Å². The quantitative estimate of drug-likeness (QED) is 0.557. The SMILES string of the molecule is COc1ccccc1OCC(O)CNCCN. The lowest BCUT2D eigenvalue weighted by atomic mass is 10.3. The van der Waals surface area contributed by atoms with Crippen LogP contribution in [0.15, 0.2) is 24.3 Å². The Morgan fingerprint density at radius 1 is 1.35 bits per heavy atom. The molecule has 5 nitrogen and oxygen atoms in total. The van der Waals surface area contributed by atoms with Gasteiger partial charge in [-0.3, -0.25) is 0 Å². The number of nitrogens with one attached hydrogen (secondary N) is 1. The van der Waals surface area contributed by atoms with Crippen LogP contribution >= 0.6 is 0 Å². The van der Waals surface area contributed by atoms with Gasteiger partial charge in [-0.25, -0.2) is 0 Å². The molecular weight excluding hydrogens is 220 g/mol. The molecule has 0 saturated heterocycles. The van der Waals surface area contributed by atoms with E-state index in [0.29, 0.717) is 31.1 Å². The summed E-state index contributed by atoms with van der Waals surface area (Å²) in [6.07, 6.45) is -0.563. The third kappa shape index (κ3) is 5.04. The Labute approximate surface area is 102 Å². The smallest absolute Gasteiger partial charge is 0.161 e. The molecule has 0 bridgehead atoms. The second-order valence-corrected chi connectivity index (χ2v) is 3.61. The van der Waals surface area contributed by atoms with Crippen LogP contribution in [-0.4, -0.2) is 44.6 Å². The van der Waals surface area contributed by atoms with Crippen molar-refractivity contribution < 1.29 is 14.6 Å². The zero-order valence-electron chi connectivity index (χ0n) is 10.1. The molecule has 5 heteroatoms. The first-order chi connectivity index (χ1) is 8.27. The summed E-state index contributed by atoms with van der Waals surface area (Å²) in [7, 11) is 1.58. The van der Waals surface area contributed by atoms with Gasteiger partial charge in [-0.2, -0.15) is 0 Å². The summed E-state index contributed by atoms with van der Waals surface area (Å²) in [6.45, 7) is 1.93. The maximum Gasteiger partial charge on any atom is 0.161 e. The van der Waals surface area contributed by atoms with E-state index >= 15 is 0 Å². The molecule has 4 N–H and O–H groups in total. The Bertz CT molecular complexity index is 320. The average Bonchev–Trinajstić information content (AvgIpc) is 2.37. The minimum absolute atomic E-state index is 0.220. The normalized spacial score (nSPS) is 12.2. The number of methoxy groups -OCH3 is 1. The molecule has 0 aliphatic rings. The molecule has 96 valence electrons. The Kier molecular flexibility index (Phi) is 6.39. The van der Waals surface area contributed by atoms with Crippen LogP contribution < -0.4 is 20.5 Å². The molecule has 0 aromatic heterocycles. The molecule has 0 aliphatic carbocycles. The summed E-state index contributed by atoms with van der Waals surface area (Å²) in [5.74, 6) is 1.29. The molecular formula is C12H20N2O3. The molecule has 0 heterocycles. The summed E-state index contributed by atoms with van der Waals surface area (Å²) in [4.78, 5) is 0. The Morgan fingerprint density at radius 2 is 2.06 bits per heavy atom. The first-order valence-corrected chi connectivity index (χ1v) is 5.62. The largest absolute Gasteiger partial charge is 0.493 e. The van der Waals surface area contributed by atoms with Crippen LogP contribution in [0.4, 0.5) is 0 Å². The van der Waals surface area contributed by atoms with Gasteiger partial charge in [0.1, 0.15) is 12.7 Å². The summed E-state index contributed by atoms with van der Waals surface area (Å²) >= 11 is 0. The third-order valence-corrected chi connectivity index (χ3v) is 2.20. The summed E-state index contributed by atoms with van der Waals surface area (Å²) in [5, 5.41) is 12.6. The minimum atomic E-state index is -0.563. The van der Waals surface area contributed by atoms with E-state index in [9.17, 15) is 5.11 Å². The number of hydrogen-bond acceptors (Lipinski definition) is 5. The van der Waals surface area contributed by atoms with Crippen molar-refractivity contribution in [1.82, 2.24) is 5.32 Å². The van der Waals surface area contributed by atoms with E-state index < -0.39 is 6.10 Å². The molecule has 17 heavy (non-hydrogen) atoms. The van der Waals surface area contributed by atoms with Gasteiger partial charge in [0.15, 0.2) is 11.5 Å². The monoisotopic (exact) mass is 240 g/mol. The van der Waals surface area contributed by atoms with Gasteiger partial charge in [-0.1, -0.05) is 12.1 Å². The maximum atomic E-state index is 9.63. The van der Waals surface area contributed by atoms with Crippen molar-refractivity contribution in [2.75, 3.05) is 33.4 Å².